The molecule has 268 valence electrons. The average molecular weight is 683 g/mol. The van der Waals surface area contributed by atoms with Gasteiger partial charge in [0.1, 0.15) is 9.52 Å². The van der Waals surface area contributed by atoms with Crippen molar-refractivity contribution in [2.45, 2.75) is 167 Å². The summed E-state index contributed by atoms with van der Waals surface area (Å²) in [6, 6.07) is 15.1. The zero-order valence-electron chi connectivity index (χ0n) is 31.3. The SMILES string of the molecule is CCCCCC(C)CCCCCCC(C)[SiH2]C1Oc2ccc(-c3ncc(-c4ccc(CCCCCCCCCC5CC5)cc4)cn3)cc2O1. The molecule has 0 saturated heterocycles. The highest BCUT2D eigenvalue weighted by Gasteiger charge is 2.27. The first-order valence-electron chi connectivity index (χ1n) is 20.5. The standard InChI is InChI=1S/C44H66N2O2Si/c1-4-5-13-18-34(2)19-14-11-12-15-20-35(3)49-44-47-41-30-29-39(31-42(41)48-44)43-45-32-40(33-46-43)38-27-25-37(26-28-38)22-17-10-8-6-7-9-16-21-36-23-24-36/h25-36,44H,4-24,49H2,1-3H3. The van der Waals surface area contributed by atoms with Gasteiger partial charge in [0.15, 0.2) is 17.3 Å². The Kier molecular flexibility index (Phi) is 16.0. The summed E-state index contributed by atoms with van der Waals surface area (Å²) in [5.41, 5.74) is 5.33. The molecule has 0 radical (unpaired) electrons. The molecule has 49 heavy (non-hydrogen) atoms. The Labute approximate surface area is 301 Å². The van der Waals surface area contributed by atoms with Gasteiger partial charge in [0.2, 0.25) is 5.91 Å². The minimum Gasteiger partial charge on any atom is -0.456 e. The normalized spacial score (nSPS) is 16.8. The molecule has 3 aromatic rings. The van der Waals surface area contributed by atoms with Gasteiger partial charge in [-0.1, -0.05) is 167 Å². The van der Waals surface area contributed by atoms with Crippen LogP contribution in [0.4, 0.5) is 0 Å². The highest BCUT2D eigenvalue weighted by atomic mass is 28.2. The lowest BCUT2D eigenvalue weighted by atomic mass is 9.96. The molecular weight excluding hydrogens is 617 g/mol. The van der Waals surface area contributed by atoms with Gasteiger partial charge in [-0.15, -0.1) is 0 Å². The summed E-state index contributed by atoms with van der Waals surface area (Å²) in [7, 11) is -0.518. The van der Waals surface area contributed by atoms with E-state index in [9.17, 15) is 0 Å². The lowest BCUT2D eigenvalue weighted by Crippen LogP contribution is -2.28. The lowest BCUT2D eigenvalue weighted by Gasteiger charge is -2.15. The van der Waals surface area contributed by atoms with Gasteiger partial charge in [-0.2, -0.15) is 0 Å². The molecule has 3 atom stereocenters. The Morgan fingerprint density at radius 1 is 0.653 bits per heavy atom. The van der Waals surface area contributed by atoms with Gasteiger partial charge in [0, 0.05) is 23.5 Å². The summed E-state index contributed by atoms with van der Waals surface area (Å²) in [4.78, 5) is 9.46. The molecule has 1 aliphatic carbocycles. The first-order valence-corrected chi connectivity index (χ1v) is 22.1. The summed E-state index contributed by atoms with van der Waals surface area (Å²) in [6.45, 7) is 7.13. The highest BCUT2D eigenvalue weighted by molar-refractivity contribution is 6.38. The van der Waals surface area contributed by atoms with E-state index in [0.717, 1.165) is 45.8 Å². The second-order valence-electron chi connectivity index (χ2n) is 15.7. The van der Waals surface area contributed by atoms with Crippen LogP contribution in [0.5, 0.6) is 11.5 Å². The minimum atomic E-state index is -0.518. The van der Waals surface area contributed by atoms with E-state index in [1.54, 1.807) is 0 Å². The molecule has 0 amide bonds. The molecule has 2 aromatic carbocycles. The number of hydrogen-bond acceptors (Lipinski definition) is 4. The first kappa shape index (κ1) is 37.6. The van der Waals surface area contributed by atoms with E-state index in [2.05, 4.69) is 57.2 Å². The Bertz CT molecular complexity index is 1340. The van der Waals surface area contributed by atoms with Crippen molar-refractivity contribution < 1.29 is 9.47 Å². The van der Waals surface area contributed by atoms with Gasteiger partial charge in [0.05, 0.1) is 0 Å². The number of hydrogen-bond donors (Lipinski definition) is 0. The number of unbranched alkanes of at least 4 members (excludes halogenated alkanes) is 11. The van der Waals surface area contributed by atoms with Crippen LogP contribution in [0.2, 0.25) is 5.54 Å². The number of nitrogens with zero attached hydrogens (tertiary/aromatic N) is 2. The first-order chi connectivity index (χ1) is 24.1. The fourth-order valence-electron chi connectivity index (χ4n) is 7.46. The van der Waals surface area contributed by atoms with Crippen molar-refractivity contribution >= 4 is 9.52 Å². The lowest BCUT2D eigenvalue weighted by molar-refractivity contribution is 0.122. The van der Waals surface area contributed by atoms with Gasteiger partial charge >= 0.3 is 0 Å². The van der Waals surface area contributed by atoms with Gasteiger partial charge < -0.3 is 9.47 Å². The second-order valence-corrected chi connectivity index (χ2v) is 18.2. The van der Waals surface area contributed by atoms with E-state index in [-0.39, 0.29) is 5.91 Å². The fourth-order valence-corrected chi connectivity index (χ4v) is 9.19. The van der Waals surface area contributed by atoms with Crippen LogP contribution in [0.25, 0.3) is 22.5 Å². The van der Waals surface area contributed by atoms with Crippen molar-refractivity contribution in [1.82, 2.24) is 9.97 Å². The molecule has 0 bridgehead atoms. The molecule has 3 unspecified atom stereocenters. The molecule has 1 aromatic heterocycles. The van der Waals surface area contributed by atoms with E-state index in [1.807, 2.05) is 18.5 Å². The molecule has 0 spiro atoms. The number of rotatable bonds is 25. The number of ether oxygens (including phenoxy) is 2. The zero-order chi connectivity index (χ0) is 34.1. The molecule has 1 aliphatic heterocycles. The molecular formula is C44H66N2O2Si. The summed E-state index contributed by atoms with van der Waals surface area (Å²) < 4.78 is 12.5. The van der Waals surface area contributed by atoms with Crippen LogP contribution in [-0.4, -0.2) is 25.4 Å². The van der Waals surface area contributed by atoms with Crippen molar-refractivity contribution in [3.63, 3.8) is 0 Å². The smallest absolute Gasteiger partial charge is 0.213 e. The van der Waals surface area contributed by atoms with Crippen LogP contribution in [0.1, 0.15) is 155 Å². The molecule has 4 nitrogen and oxygen atoms in total. The third kappa shape index (κ3) is 13.5. The second kappa shape index (κ2) is 20.9. The molecule has 2 aliphatic rings. The van der Waals surface area contributed by atoms with E-state index >= 15 is 0 Å². The Morgan fingerprint density at radius 3 is 1.98 bits per heavy atom. The topological polar surface area (TPSA) is 44.2 Å². The van der Waals surface area contributed by atoms with Crippen molar-refractivity contribution in [1.29, 1.82) is 0 Å². The van der Waals surface area contributed by atoms with Crippen molar-refractivity contribution in [3.8, 4) is 34.0 Å². The van der Waals surface area contributed by atoms with Crippen LogP contribution in [0.15, 0.2) is 54.9 Å². The van der Waals surface area contributed by atoms with Crippen molar-refractivity contribution in [2.24, 2.45) is 11.8 Å². The van der Waals surface area contributed by atoms with Crippen LogP contribution in [0, 0.1) is 11.8 Å². The number of benzene rings is 2. The van der Waals surface area contributed by atoms with Gasteiger partial charge in [-0.25, -0.2) is 9.97 Å². The summed E-state index contributed by atoms with van der Waals surface area (Å²) in [5, 5.41) is 0. The maximum atomic E-state index is 6.31. The van der Waals surface area contributed by atoms with E-state index in [0.29, 0.717) is 0 Å². The van der Waals surface area contributed by atoms with Crippen molar-refractivity contribution in [2.75, 3.05) is 0 Å². The quantitative estimate of drug-likeness (QED) is 0.0659. The maximum Gasteiger partial charge on any atom is 0.213 e. The molecule has 5 heteroatoms. The number of aromatic nitrogens is 2. The predicted octanol–water partition coefficient (Wildman–Crippen LogP) is 12.5. The molecule has 1 fully saturated rings. The van der Waals surface area contributed by atoms with Crippen LogP contribution >= 0.6 is 0 Å². The molecule has 5 rings (SSSR count). The third-order valence-corrected chi connectivity index (χ3v) is 12.9. The summed E-state index contributed by atoms with van der Waals surface area (Å²) in [6.07, 6.45) is 33.0. The molecule has 1 saturated carbocycles. The largest absolute Gasteiger partial charge is 0.456 e. The molecule has 0 N–H and O–H groups in total. The van der Waals surface area contributed by atoms with E-state index in [1.165, 1.54) is 146 Å². The van der Waals surface area contributed by atoms with Gasteiger partial charge in [-0.3, -0.25) is 0 Å². The Hall–Kier alpha value is -2.66. The number of fused-ring (bicyclic) bond motifs is 1. The van der Waals surface area contributed by atoms with Gasteiger partial charge in [-0.05, 0) is 59.5 Å². The van der Waals surface area contributed by atoms with Gasteiger partial charge in [0.25, 0.3) is 0 Å². The Morgan fingerprint density at radius 2 is 1.27 bits per heavy atom. The van der Waals surface area contributed by atoms with E-state index < -0.39 is 9.52 Å². The average Bonchev–Trinajstić information content (AvgIpc) is 3.86. The Balaban J connectivity index is 0.967. The number of aryl methyl sites for hydroxylation is 1. The maximum absolute atomic E-state index is 6.31. The highest BCUT2D eigenvalue weighted by Crippen LogP contribution is 2.38. The molecule has 2 heterocycles. The summed E-state index contributed by atoms with van der Waals surface area (Å²) in [5.74, 6) is 4.34. The fraction of sp³-hybridized carbons (Fsp3) is 0.636. The van der Waals surface area contributed by atoms with E-state index in [4.69, 9.17) is 19.4 Å². The minimum absolute atomic E-state index is 0.0678. The van der Waals surface area contributed by atoms with Crippen LogP contribution < -0.4 is 9.47 Å². The monoisotopic (exact) mass is 682 g/mol. The van der Waals surface area contributed by atoms with Crippen LogP contribution in [0.3, 0.4) is 0 Å². The van der Waals surface area contributed by atoms with Crippen molar-refractivity contribution in [3.05, 3.63) is 60.4 Å². The summed E-state index contributed by atoms with van der Waals surface area (Å²) >= 11 is 0. The zero-order valence-corrected chi connectivity index (χ0v) is 32.7. The third-order valence-electron chi connectivity index (χ3n) is 11.0. The van der Waals surface area contributed by atoms with Crippen LogP contribution in [-0.2, 0) is 6.42 Å². The predicted molar refractivity (Wildman–Crippen MR) is 210 cm³/mol.